The van der Waals surface area contributed by atoms with E-state index in [9.17, 15) is 36.0 Å². The van der Waals surface area contributed by atoms with Crippen LogP contribution < -0.4 is 20.9 Å². The van der Waals surface area contributed by atoms with Crippen molar-refractivity contribution in [2.75, 3.05) is 11.6 Å². The predicted molar refractivity (Wildman–Crippen MR) is 156 cm³/mol. The standard InChI is InChI=1S/C29H29F3N6O6S/c1-45(42,43)24-9-7-20(8-10-24)18-33-28(41)25-19-38(36-35-25)13-3-2-12-37-14-11-22(17-27(37)40)34-26(39)16-21-5-4-6-23(15-21)44-29(30,31)32/h4-11,14-15,17,19H,2-3,12-13,16,18H2,1H3,(H,33,41)(H,34,39). The van der Waals surface area contributed by atoms with Crippen molar-refractivity contribution in [3.63, 3.8) is 0 Å². The normalized spacial score (nSPS) is 11.6. The van der Waals surface area contributed by atoms with Crippen LogP contribution in [0.15, 0.2) is 82.7 Å². The maximum absolute atomic E-state index is 12.5. The molecule has 0 atom stereocenters. The average Bonchev–Trinajstić information content (AvgIpc) is 3.43. The number of benzene rings is 2. The van der Waals surface area contributed by atoms with Gasteiger partial charge in [-0.15, -0.1) is 18.3 Å². The van der Waals surface area contributed by atoms with Gasteiger partial charge in [0.15, 0.2) is 15.5 Å². The predicted octanol–water partition coefficient (Wildman–Crippen LogP) is 3.33. The summed E-state index contributed by atoms with van der Waals surface area (Å²) in [6.07, 6.45) is 0.322. The Morgan fingerprint density at radius 3 is 2.40 bits per heavy atom. The van der Waals surface area contributed by atoms with Gasteiger partial charge in [-0.1, -0.05) is 29.5 Å². The number of carbonyl (C=O) groups excluding carboxylic acids is 2. The molecule has 0 spiro atoms. The highest BCUT2D eigenvalue weighted by atomic mass is 32.2. The molecule has 0 saturated heterocycles. The second kappa shape index (κ2) is 14.2. The molecule has 4 rings (SSSR count). The van der Waals surface area contributed by atoms with Gasteiger partial charge in [0, 0.05) is 43.8 Å². The number of pyridine rings is 1. The van der Waals surface area contributed by atoms with E-state index >= 15 is 0 Å². The number of anilines is 1. The first-order chi connectivity index (χ1) is 21.2. The van der Waals surface area contributed by atoms with Crippen molar-refractivity contribution in [1.29, 1.82) is 0 Å². The fourth-order valence-corrected chi connectivity index (χ4v) is 4.84. The number of aryl methyl sites for hydroxylation is 2. The molecular formula is C29H29F3N6O6S. The molecule has 0 radical (unpaired) electrons. The lowest BCUT2D eigenvalue weighted by Gasteiger charge is -2.11. The molecule has 2 aromatic carbocycles. The summed E-state index contributed by atoms with van der Waals surface area (Å²) in [6.45, 7) is 1.02. The van der Waals surface area contributed by atoms with E-state index in [1.54, 1.807) is 18.2 Å². The molecule has 0 bridgehead atoms. The molecule has 2 N–H and O–H groups in total. The van der Waals surface area contributed by atoms with Crippen molar-refractivity contribution in [2.45, 2.75) is 50.2 Å². The van der Waals surface area contributed by atoms with Crippen molar-refractivity contribution in [2.24, 2.45) is 0 Å². The van der Waals surface area contributed by atoms with E-state index in [0.29, 0.717) is 31.5 Å². The van der Waals surface area contributed by atoms with Gasteiger partial charge in [0.25, 0.3) is 11.5 Å². The van der Waals surface area contributed by atoms with Crippen LogP contribution in [0.2, 0.25) is 0 Å². The van der Waals surface area contributed by atoms with E-state index in [4.69, 9.17) is 0 Å². The number of alkyl halides is 3. The van der Waals surface area contributed by atoms with Gasteiger partial charge in [0.2, 0.25) is 5.91 Å². The van der Waals surface area contributed by atoms with E-state index in [1.807, 2.05) is 0 Å². The summed E-state index contributed by atoms with van der Waals surface area (Å²) in [4.78, 5) is 37.5. The Hall–Kier alpha value is -4.99. The lowest BCUT2D eigenvalue weighted by Crippen LogP contribution is -2.23. The smallest absolute Gasteiger partial charge is 0.406 e. The van der Waals surface area contributed by atoms with Crippen LogP contribution in [0.3, 0.4) is 0 Å². The van der Waals surface area contributed by atoms with Gasteiger partial charge < -0.3 is 19.9 Å². The summed E-state index contributed by atoms with van der Waals surface area (Å²) < 4.78 is 67.3. The first-order valence-corrected chi connectivity index (χ1v) is 15.5. The molecule has 16 heteroatoms. The first-order valence-electron chi connectivity index (χ1n) is 13.6. The van der Waals surface area contributed by atoms with Crippen LogP contribution in [0.4, 0.5) is 18.9 Å². The van der Waals surface area contributed by atoms with Crippen LogP contribution >= 0.6 is 0 Å². The molecule has 238 valence electrons. The number of hydrogen-bond acceptors (Lipinski definition) is 8. The molecule has 2 aromatic heterocycles. The van der Waals surface area contributed by atoms with Gasteiger partial charge in [0.05, 0.1) is 17.5 Å². The summed E-state index contributed by atoms with van der Waals surface area (Å²) in [5.41, 5.74) is 1.06. The highest BCUT2D eigenvalue weighted by molar-refractivity contribution is 7.90. The minimum atomic E-state index is -4.84. The van der Waals surface area contributed by atoms with Gasteiger partial charge in [-0.3, -0.25) is 19.1 Å². The molecule has 12 nitrogen and oxygen atoms in total. The zero-order valence-corrected chi connectivity index (χ0v) is 24.8. The minimum absolute atomic E-state index is 0.124. The largest absolute Gasteiger partial charge is 0.573 e. The third-order valence-electron chi connectivity index (χ3n) is 6.39. The van der Waals surface area contributed by atoms with Crippen molar-refractivity contribution in [1.82, 2.24) is 24.9 Å². The first kappa shape index (κ1) is 32.9. The molecule has 0 aliphatic carbocycles. The van der Waals surface area contributed by atoms with E-state index in [-0.39, 0.29) is 34.8 Å². The maximum Gasteiger partial charge on any atom is 0.573 e. The van der Waals surface area contributed by atoms with Crippen LogP contribution in [0.1, 0.15) is 34.5 Å². The topological polar surface area (TPSA) is 154 Å². The Kier molecular flexibility index (Phi) is 10.4. The number of nitrogens with one attached hydrogen (secondary N) is 2. The number of rotatable bonds is 13. The molecule has 2 amide bonds. The number of hydrogen-bond donors (Lipinski definition) is 2. The van der Waals surface area contributed by atoms with Crippen LogP contribution in [0, 0.1) is 0 Å². The molecule has 0 unspecified atom stereocenters. The number of amides is 2. The van der Waals surface area contributed by atoms with Crippen LogP contribution in [-0.4, -0.2) is 52.4 Å². The van der Waals surface area contributed by atoms with E-state index < -0.39 is 33.8 Å². The molecule has 0 aliphatic heterocycles. The second-order valence-corrected chi connectivity index (χ2v) is 12.1. The van der Waals surface area contributed by atoms with Crippen molar-refractivity contribution in [3.8, 4) is 5.75 Å². The number of nitrogens with zero attached hydrogens (tertiary/aromatic N) is 4. The Morgan fingerprint density at radius 1 is 0.978 bits per heavy atom. The Balaban J connectivity index is 1.19. The summed E-state index contributed by atoms with van der Waals surface area (Å²) >= 11 is 0. The van der Waals surface area contributed by atoms with Gasteiger partial charge in [0.1, 0.15) is 5.75 Å². The molecule has 4 aromatic rings. The minimum Gasteiger partial charge on any atom is -0.406 e. The SMILES string of the molecule is CS(=O)(=O)c1ccc(CNC(=O)c2cn(CCCCn3ccc(NC(=O)Cc4cccc(OC(F)(F)F)c4)cc3=O)nn2)cc1. The number of unbranched alkanes of at least 4 members (excludes halogenated alkanes) is 1. The molecule has 0 aliphatic rings. The molecule has 45 heavy (non-hydrogen) atoms. The number of halogens is 3. The molecule has 0 saturated carbocycles. The van der Waals surface area contributed by atoms with Crippen molar-refractivity contribution >= 4 is 27.3 Å². The zero-order valence-electron chi connectivity index (χ0n) is 24.0. The number of ether oxygens (including phenoxy) is 1. The fourth-order valence-electron chi connectivity index (χ4n) is 4.21. The average molecular weight is 647 g/mol. The quantitative estimate of drug-likeness (QED) is 0.210. The van der Waals surface area contributed by atoms with E-state index in [0.717, 1.165) is 24.0 Å². The summed E-state index contributed by atoms with van der Waals surface area (Å²) in [6, 6.07) is 14.1. The number of aromatic nitrogens is 4. The van der Waals surface area contributed by atoms with E-state index in [1.165, 1.54) is 52.0 Å². The summed E-state index contributed by atoms with van der Waals surface area (Å²) in [7, 11) is -3.30. The lowest BCUT2D eigenvalue weighted by atomic mass is 10.1. The number of sulfone groups is 1. The van der Waals surface area contributed by atoms with E-state index in [2.05, 4.69) is 25.7 Å². The van der Waals surface area contributed by atoms with Gasteiger partial charge in [-0.2, -0.15) is 0 Å². The number of carbonyl (C=O) groups is 2. The van der Waals surface area contributed by atoms with Crippen molar-refractivity contribution < 1.29 is 35.9 Å². The highest BCUT2D eigenvalue weighted by Gasteiger charge is 2.31. The van der Waals surface area contributed by atoms with Crippen LogP contribution in [0.5, 0.6) is 5.75 Å². The Bertz CT molecular complexity index is 1820. The van der Waals surface area contributed by atoms with Crippen LogP contribution in [-0.2, 0) is 40.7 Å². The zero-order chi connectivity index (χ0) is 32.6. The third-order valence-corrected chi connectivity index (χ3v) is 7.52. The van der Waals surface area contributed by atoms with Gasteiger partial charge >= 0.3 is 6.36 Å². The van der Waals surface area contributed by atoms with Gasteiger partial charge in [-0.25, -0.2) is 8.42 Å². The molecular weight excluding hydrogens is 617 g/mol. The maximum atomic E-state index is 12.5. The van der Waals surface area contributed by atoms with Gasteiger partial charge in [-0.05, 0) is 54.3 Å². The summed E-state index contributed by atoms with van der Waals surface area (Å²) in [5.74, 6) is -1.38. The Labute approximate surface area is 255 Å². The van der Waals surface area contributed by atoms with Crippen LogP contribution in [0.25, 0.3) is 0 Å². The highest BCUT2D eigenvalue weighted by Crippen LogP contribution is 2.23. The lowest BCUT2D eigenvalue weighted by molar-refractivity contribution is -0.274. The van der Waals surface area contributed by atoms with Crippen molar-refractivity contribution in [3.05, 3.63) is 100 Å². The third kappa shape index (κ3) is 10.3. The molecule has 2 heterocycles. The second-order valence-electron chi connectivity index (χ2n) is 10.0. The molecule has 0 fully saturated rings. The monoisotopic (exact) mass is 646 g/mol. The fraction of sp³-hybridized carbons (Fsp3) is 0.276. The summed E-state index contributed by atoms with van der Waals surface area (Å²) in [5, 5.41) is 13.1. The Morgan fingerprint density at radius 2 is 1.71 bits per heavy atom.